The standard InChI is InChI=1S/C12H12N2O3S2/c1-3-17-12(16)9-13-10(15)8-7-5(2)18-4-6(7)19-11(8)14-9/h5H,3-4H2,1-2H3,(H,13,14,15). The van der Waals surface area contributed by atoms with Gasteiger partial charge in [0, 0.05) is 15.9 Å². The molecule has 0 aliphatic carbocycles. The number of ether oxygens (including phenoxy) is 1. The van der Waals surface area contributed by atoms with Crippen LogP contribution in [0.25, 0.3) is 10.2 Å². The summed E-state index contributed by atoms with van der Waals surface area (Å²) in [5, 5.41) is 0.936. The fourth-order valence-corrected chi connectivity index (χ4v) is 4.75. The molecule has 19 heavy (non-hydrogen) atoms. The molecule has 2 aromatic heterocycles. The molecule has 5 nitrogen and oxygen atoms in total. The number of hydrogen-bond donors (Lipinski definition) is 1. The molecule has 2 aromatic rings. The summed E-state index contributed by atoms with van der Waals surface area (Å²) >= 11 is 3.31. The number of H-pyrrole nitrogens is 1. The van der Waals surface area contributed by atoms with Gasteiger partial charge in [-0.05, 0) is 19.4 Å². The van der Waals surface area contributed by atoms with Gasteiger partial charge in [-0.3, -0.25) is 4.79 Å². The van der Waals surface area contributed by atoms with Crippen LogP contribution in [-0.4, -0.2) is 22.5 Å². The number of aromatic nitrogens is 2. The Labute approximate surface area is 117 Å². The molecular formula is C12H12N2O3S2. The highest BCUT2D eigenvalue weighted by Crippen LogP contribution is 2.47. The van der Waals surface area contributed by atoms with E-state index >= 15 is 0 Å². The van der Waals surface area contributed by atoms with E-state index in [-0.39, 0.29) is 18.0 Å². The zero-order chi connectivity index (χ0) is 13.6. The predicted octanol–water partition coefficient (Wildman–Crippen LogP) is 2.47. The minimum atomic E-state index is -0.586. The van der Waals surface area contributed by atoms with Gasteiger partial charge in [0.2, 0.25) is 5.82 Å². The van der Waals surface area contributed by atoms with E-state index in [0.717, 1.165) is 11.3 Å². The van der Waals surface area contributed by atoms with Crippen LogP contribution < -0.4 is 5.56 Å². The van der Waals surface area contributed by atoms with Gasteiger partial charge >= 0.3 is 5.97 Å². The van der Waals surface area contributed by atoms with Crippen molar-refractivity contribution in [3.8, 4) is 0 Å². The van der Waals surface area contributed by atoms with Gasteiger partial charge in [0.25, 0.3) is 5.56 Å². The molecule has 0 spiro atoms. The predicted molar refractivity (Wildman–Crippen MR) is 75.9 cm³/mol. The van der Waals surface area contributed by atoms with Crippen molar-refractivity contribution in [1.82, 2.24) is 9.97 Å². The average Bonchev–Trinajstić information content (AvgIpc) is 2.90. The second kappa shape index (κ2) is 4.64. The van der Waals surface area contributed by atoms with Gasteiger partial charge in [0.15, 0.2) is 0 Å². The molecule has 0 amide bonds. The van der Waals surface area contributed by atoms with Crippen LogP contribution >= 0.6 is 23.1 Å². The van der Waals surface area contributed by atoms with E-state index in [1.807, 2.05) is 11.8 Å². The third-order valence-electron chi connectivity index (χ3n) is 3.02. The molecule has 1 aliphatic heterocycles. The maximum Gasteiger partial charge on any atom is 0.374 e. The second-order valence-electron chi connectivity index (χ2n) is 4.21. The molecule has 3 rings (SSSR count). The number of rotatable bonds is 2. The summed E-state index contributed by atoms with van der Waals surface area (Å²) in [6, 6.07) is 0. The van der Waals surface area contributed by atoms with Gasteiger partial charge in [0.05, 0.1) is 12.0 Å². The van der Waals surface area contributed by atoms with Crippen molar-refractivity contribution in [2.24, 2.45) is 0 Å². The molecule has 100 valence electrons. The van der Waals surface area contributed by atoms with Crippen LogP contribution in [0.3, 0.4) is 0 Å². The van der Waals surface area contributed by atoms with Crippen LogP contribution in [0.1, 0.15) is 40.2 Å². The number of nitrogens with one attached hydrogen (secondary N) is 1. The number of aromatic amines is 1. The number of nitrogens with zero attached hydrogens (tertiary/aromatic N) is 1. The highest BCUT2D eigenvalue weighted by atomic mass is 32.2. The van der Waals surface area contributed by atoms with E-state index in [2.05, 4.69) is 16.9 Å². The smallest absolute Gasteiger partial charge is 0.374 e. The Morgan fingerprint density at radius 3 is 3.11 bits per heavy atom. The van der Waals surface area contributed by atoms with Crippen LogP contribution in [0.5, 0.6) is 0 Å². The lowest BCUT2D eigenvalue weighted by Gasteiger charge is -2.03. The Hall–Kier alpha value is -1.34. The molecule has 0 bridgehead atoms. The van der Waals surface area contributed by atoms with E-state index in [0.29, 0.717) is 15.5 Å². The first kappa shape index (κ1) is 12.7. The van der Waals surface area contributed by atoms with Crippen LogP contribution in [0.15, 0.2) is 4.79 Å². The SMILES string of the molecule is CCOC(=O)c1nc2sc3c(c2c(=O)[nH]1)C(C)SC3. The Morgan fingerprint density at radius 1 is 1.58 bits per heavy atom. The molecular weight excluding hydrogens is 284 g/mol. The van der Waals surface area contributed by atoms with E-state index in [1.54, 1.807) is 6.92 Å². The van der Waals surface area contributed by atoms with Gasteiger partial charge in [-0.1, -0.05) is 0 Å². The molecule has 1 atom stereocenters. The Morgan fingerprint density at radius 2 is 2.37 bits per heavy atom. The summed E-state index contributed by atoms with van der Waals surface area (Å²) in [5.41, 5.74) is 0.828. The van der Waals surface area contributed by atoms with E-state index in [1.165, 1.54) is 16.2 Å². The minimum absolute atomic E-state index is 0.0143. The zero-order valence-electron chi connectivity index (χ0n) is 10.5. The first-order valence-electron chi connectivity index (χ1n) is 5.96. The summed E-state index contributed by atoms with van der Waals surface area (Å²) in [4.78, 5) is 32.4. The number of esters is 1. The number of carbonyl (C=O) groups excluding carboxylic acids is 1. The molecule has 0 aromatic carbocycles. The monoisotopic (exact) mass is 296 g/mol. The van der Waals surface area contributed by atoms with Gasteiger partial charge in [0.1, 0.15) is 4.83 Å². The molecule has 1 N–H and O–H groups in total. The lowest BCUT2D eigenvalue weighted by molar-refractivity contribution is 0.0512. The molecule has 3 heterocycles. The van der Waals surface area contributed by atoms with Crippen molar-refractivity contribution in [2.45, 2.75) is 24.9 Å². The lowest BCUT2D eigenvalue weighted by Crippen LogP contribution is -2.17. The van der Waals surface area contributed by atoms with Crippen molar-refractivity contribution in [3.63, 3.8) is 0 Å². The van der Waals surface area contributed by atoms with Crippen molar-refractivity contribution < 1.29 is 9.53 Å². The van der Waals surface area contributed by atoms with Crippen molar-refractivity contribution in [3.05, 3.63) is 26.6 Å². The third kappa shape index (κ3) is 1.97. The van der Waals surface area contributed by atoms with E-state index < -0.39 is 5.97 Å². The number of hydrogen-bond acceptors (Lipinski definition) is 6. The number of carbonyl (C=O) groups is 1. The molecule has 0 fully saturated rings. The quantitative estimate of drug-likeness (QED) is 0.862. The van der Waals surface area contributed by atoms with Gasteiger partial charge in [-0.25, -0.2) is 9.78 Å². The molecule has 1 aliphatic rings. The summed E-state index contributed by atoms with van der Waals surface area (Å²) in [6.45, 7) is 4.06. The van der Waals surface area contributed by atoms with Crippen molar-refractivity contribution in [1.29, 1.82) is 0 Å². The highest BCUT2D eigenvalue weighted by molar-refractivity contribution is 7.99. The summed E-state index contributed by atoms with van der Waals surface area (Å²) < 4.78 is 4.86. The molecule has 7 heteroatoms. The maximum absolute atomic E-state index is 12.2. The van der Waals surface area contributed by atoms with Gasteiger partial charge in [-0.15, -0.1) is 23.1 Å². The zero-order valence-corrected chi connectivity index (χ0v) is 12.1. The van der Waals surface area contributed by atoms with Gasteiger partial charge < -0.3 is 9.72 Å². The number of thioether (sulfide) groups is 1. The normalized spacial score (nSPS) is 17.7. The molecule has 0 saturated heterocycles. The first-order valence-corrected chi connectivity index (χ1v) is 7.82. The van der Waals surface area contributed by atoms with Crippen LogP contribution in [0.4, 0.5) is 0 Å². The van der Waals surface area contributed by atoms with Crippen LogP contribution in [-0.2, 0) is 10.5 Å². The fourth-order valence-electron chi connectivity index (χ4n) is 2.19. The summed E-state index contributed by atoms with van der Waals surface area (Å²) in [6.07, 6.45) is 0. The average molecular weight is 296 g/mol. The van der Waals surface area contributed by atoms with Crippen LogP contribution in [0.2, 0.25) is 0 Å². The Bertz CT molecular complexity index is 720. The second-order valence-corrected chi connectivity index (χ2v) is 6.62. The fraction of sp³-hybridized carbons (Fsp3) is 0.417. The lowest BCUT2D eigenvalue weighted by atomic mass is 10.1. The minimum Gasteiger partial charge on any atom is -0.460 e. The molecule has 1 unspecified atom stereocenters. The van der Waals surface area contributed by atoms with E-state index in [4.69, 9.17) is 4.74 Å². The largest absolute Gasteiger partial charge is 0.460 e. The molecule has 0 saturated carbocycles. The third-order valence-corrected chi connectivity index (χ3v) is 5.49. The van der Waals surface area contributed by atoms with Crippen LogP contribution in [0, 0.1) is 0 Å². The maximum atomic E-state index is 12.2. The van der Waals surface area contributed by atoms with Gasteiger partial charge in [-0.2, -0.15) is 0 Å². The topological polar surface area (TPSA) is 72.0 Å². The highest BCUT2D eigenvalue weighted by Gasteiger charge is 2.27. The van der Waals surface area contributed by atoms with E-state index in [9.17, 15) is 9.59 Å². The Kier molecular flexibility index (Phi) is 3.10. The Balaban J connectivity index is 2.19. The number of thiophene rings is 1. The van der Waals surface area contributed by atoms with Crippen molar-refractivity contribution >= 4 is 39.3 Å². The van der Waals surface area contributed by atoms with Crippen molar-refractivity contribution in [2.75, 3.05) is 6.61 Å². The summed E-state index contributed by atoms with van der Waals surface area (Å²) in [5.74, 6) is 0.308. The first-order chi connectivity index (χ1) is 9.11. The molecule has 0 radical (unpaired) electrons. The summed E-state index contributed by atoms with van der Waals surface area (Å²) in [7, 11) is 0. The number of fused-ring (bicyclic) bond motifs is 3.